The largest absolute Gasteiger partial charge is 0.508 e. The zero-order chi connectivity index (χ0) is 26.8. The lowest BCUT2D eigenvalue weighted by Crippen LogP contribution is -2.27. The number of aryl methyl sites for hydroxylation is 2. The van der Waals surface area contributed by atoms with Gasteiger partial charge in [0.1, 0.15) is 22.2 Å². The Morgan fingerprint density at radius 3 is 2.58 bits per heavy atom. The van der Waals surface area contributed by atoms with Gasteiger partial charge in [-0.2, -0.15) is 0 Å². The van der Waals surface area contributed by atoms with Crippen molar-refractivity contribution in [2.24, 2.45) is 0 Å². The fraction of sp³-hybridized carbons (Fsp3) is 0.300. The lowest BCUT2D eigenvalue weighted by molar-refractivity contribution is 0.103. The number of nitrogens with zero attached hydrogens (tertiary/aromatic N) is 1. The van der Waals surface area contributed by atoms with E-state index in [0.717, 1.165) is 41.8 Å². The number of likely N-dealkylation sites (tertiary alicyclic amines) is 1. The normalized spacial score (nSPS) is 15.7. The Kier molecular flexibility index (Phi) is 7.63. The quantitative estimate of drug-likeness (QED) is 0.221. The fourth-order valence-corrected chi connectivity index (χ4v) is 6.21. The maximum absolute atomic E-state index is 13.9. The molecule has 2 heterocycles. The number of fused-ring (bicyclic) bond motifs is 1. The van der Waals surface area contributed by atoms with Gasteiger partial charge in [0.15, 0.2) is 5.75 Å². The van der Waals surface area contributed by atoms with Crippen LogP contribution in [0, 0.1) is 19.7 Å². The van der Waals surface area contributed by atoms with Gasteiger partial charge in [-0.25, -0.2) is 4.39 Å². The minimum atomic E-state index is -0.381. The van der Waals surface area contributed by atoms with Gasteiger partial charge >= 0.3 is 0 Å². The van der Waals surface area contributed by atoms with E-state index >= 15 is 0 Å². The molecular formula is C30H30F2N2O3S. The van der Waals surface area contributed by atoms with E-state index in [1.165, 1.54) is 23.5 Å². The van der Waals surface area contributed by atoms with Crippen molar-refractivity contribution in [1.82, 2.24) is 4.90 Å². The summed E-state index contributed by atoms with van der Waals surface area (Å²) in [4.78, 5) is 16.4. The van der Waals surface area contributed by atoms with Crippen LogP contribution in [0.2, 0.25) is 0 Å². The van der Waals surface area contributed by atoms with E-state index in [2.05, 4.69) is 10.2 Å². The first-order chi connectivity index (χ1) is 18.3. The van der Waals surface area contributed by atoms with Gasteiger partial charge in [0.25, 0.3) is 0 Å². The van der Waals surface area contributed by atoms with E-state index in [-0.39, 0.29) is 24.0 Å². The molecule has 0 amide bonds. The summed E-state index contributed by atoms with van der Waals surface area (Å²) in [5, 5.41) is 14.3. The Bertz CT molecular complexity index is 1450. The minimum Gasteiger partial charge on any atom is -0.508 e. The van der Waals surface area contributed by atoms with Crippen LogP contribution in [0.25, 0.3) is 10.1 Å². The molecule has 0 unspecified atom stereocenters. The smallest absolute Gasteiger partial charge is 0.207 e. The highest BCUT2D eigenvalue weighted by Gasteiger charge is 2.25. The molecule has 38 heavy (non-hydrogen) atoms. The average Bonchev–Trinajstić information content (AvgIpc) is 3.47. The summed E-state index contributed by atoms with van der Waals surface area (Å²) < 4.78 is 33.4. The molecule has 1 fully saturated rings. The monoisotopic (exact) mass is 536 g/mol. The van der Waals surface area contributed by atoms with Crippen LogP contribution in [0.1, 0.15) is 39.2 Å². The Hall–Kier alpha value is -3.49. The van der Waals surface area contributed by atoms with Crippen LogP contribution >= 0.6 is 11.3 Å². The van der Waals surface area contributed by atoms with E-state index in [4.69, 9.17) is 4.74 Å². The number of carbonyl (C=O) groups is 1. The Labute approximate surface area is 224 Å². The standard InChI is InChI=1S/C30H30F2N2O3S/c1-18-14-20(32)15-19(2)27(18)28(36)30-29(25-9-6-23(35)16-26(25)38-30)37-24-7-4-21(5-8-24)33-22-10-13-34(17-22)12-3-11-31/h4-9,14-16,22,33,35H,3,10-13,17H2,1-2H3/t22-/m1/s1. The summed E-state index contributed by atoms with van der Waals surface area (Å²) in [6.07, 6.45) is 1.58. The molecule has 1 saturated heterocycles. The highest BCUT2D eigenvalue weighted by Crippen LogP contribution is 2.43. The maximum Gasteiger partial charge on any atom is 0.207 e. The van der Waals surface area contributed by atoms with Crippen LogP contribution in [0.4, 0.5) is 14.5 Å². The van der Waals surface area contributed by atoms with Crippen LogP contribution in [0.3, 0.4) is 0 Å². The molecule has 198 valence electrons. The number of rotatable bonds is 9. The molecule has 0 spiro atoms. The maximum atomic E-state index is 13.9. The number of aromatic hydroxyl groups is 1. The third kappa shape index (κ3) is 5.51. The second kappa shape index (κ2) is 11.1. The molecule has 0 radical (unpaired) electrons. The number of thiophene rings is 1. The Balaban J connectivity index is 1.40. The molecule has 2 N–H and O–H groups in total. The van der Waals surface area contributed by atoms with E-state index in [0.29, 0.717) is 45.5 Å². The van der Waals surface area contributed by atoms with Gasteiger partial charge in [0.05, 0.1) is 6.67 Å². The van der Waals surface area contributed by atoms with E-state index in [1.54, 1.807) is 32.0 Å². The zero-order valence-electron chi connectivity index (χ0n) is 21.4. The molecule has 1 aliphatic heterocycles. The Morgan fingerprint density at radius 1 is 1.13 bits per heavy atom. The fourth-order valence-electron chi connectivity index (χ4n) is 5.10. The highest BCUT2D eigenvalue weighted by atomic mass is 32.1. The minimum absolute atomic E-state index is 0.101. The van der Waals surface area contributed by atoms with Crippen molar-refractivity contribution in [1.29, 1.82) is 0 Å². The molecule has 0 saturated carbocycles. The second-order valence-corrected chi connectivity index (χ2v) is 10.8. The van der Waals surface area contributed by atoms with Crippen molar-refractivity contribution in [3.8, 4) is 17.2 Å². The number of nitrogens with one attached hydrogen (secondary N) is 1. The first-order valence-electron chi connectivity index (χ1n) is 12.7. The number of carbonyl (C=O) groups excluding carboxylic acids is 1. The van der Waals surface area contributed by atoms with Crippen LogP contribution in [-0.4, -0.2) is 48.1 Å². The number of ketones is 1. The average molecular weight is 537 g/mol. The van der Waals surface area contributed by atoms with Crippen LogP contribution in [-0.2, 0) is 0 Å². The summed E-state index contributed by atoms with van der Waals surface area (Å²) in [7, 11) is 0. The van der Waals surface area contributed by atoms with Crippen molar-refractivity contribution in [2.45, 2.75) is 32.7 Å². The molecule has 0 aliphatic carbocycles. The number of hydrogen-bond acceptors (Lipinski definition) is 6. The number of alkyl halides is 1. The molecule has 1 aromatic heterocycles. The van der Waals surface area contributed by atoms with Gasteiger partial charge in [-0.15, -0.1) is 11.3 Å². The van der Waals surface area contributed by atoms with Gasteiger partial charge < -0.3 is 20.1 Å². The number of ether oxygens (including phenoxy) is 1. The van der Waals surface area contributed by atoms with Crippen molar-refractivity contribution in [3.05, 3.63) is 82.0 Å². The number of halogens is 2. The molecule has 4 aromatic rings. The summed E-state index contributed by atoms with van der Waals surface area (Å²) >= 11 is 1.24. The van der Waals surface area contributed by atoms with E-state index in [1.807, 2.05) is 24.3 Å². The van der Waals surface area contributed by atoms with Gasteiger partial charge in [0, 0.05) is 47.0 Å². The number of phenols is 1. The third-order valence-corrected chi connectivity index (χ3v) is 8.02. The number of phenolic OH excluding ortho intramolecular Hbond substituents is 1. The highest BCUT2D eigenvalue weighted by molar-refractivity contribution is 7.21. The summed E-state index contributed by atoms with van der Waals surface area (Å²) in [5.74, 6) is 0.462. The lowest BCUT2D eigenvalue weighted by atomic mass is 9.97. The van der Waals surface area contributed by atoms with Crippen LogP contribution in [0.5, 0.6) is 17.2 Å². The Morgan fingerprint density at radius 2 is 1.87 bits per heavy atom. The van der Waals surface area contributed by atoms with Crippen molar-refractivity contribution in [2.75, 3.05) is 31.6 Å². The molecule has 3 aromatic carbocycles. The number of anilines is 1. The first kappa shape index (κ1) is 26.1. The third-order valence-electron chi connectivity index (χ3n) is 6.88. The molecular weight excluding hydrogens is 506 g/mol. The van der Waals surface area contributed by atoms with Gasteiger partial charge in [-0.1, -0.05) is 0 Å². The van der Waals surface area contributed by atoms with Gasteiger partial charge in [-0.05, 0) is 92.4 Å². The predicted molar refractivity (Wildman–Crippen MR) is 148 cm³/mol. The van der Waals surface area contributed by atoms with Crippen molar-refractivity contribution in [3.63, 3.8) is 0 Å². The van der Waals surface area contributed by atoms with Gasteiger partial charge in [0.2, 0.25) is 5.78 Å². The molecule has 1 atom stereocenters. The van der Waals surface area contributed by atoms with Gasteiger partial charge in [-0.3, -0.25) is 9.18 Å². The number of benzene rings is 3. The SMILES string of the molecule is Cc1cc(F)cc(C)c1C(=O)c1sc2cc(O)ccc2c1Oc1ccc(N[C@@H]2CCN(CCCF)C2)cc1. The summed E-state index contributed by atoms with van der Waals surface area (Å²) in [5.41, 5.74) is 2.53. The lowest BCUT2D eigenvalue weighted by Gasteiger charge is -2.17. The van der Waals surface area contributed by atoms with Crippen molar-refractivity contribution >= 4 is 32.9 Å². The zero-order valence-corrected chi connectivity index (χ0v) is 22.2. The summed E-state index contributed by atoms with van der Waals surface area (Å²) in [6.45, 7) is 5.79. The van der Waals surface area contributed by atoms with E-state index in [9.17, 15) is 18.7 Å². The topological polar surface area (TPSA) is 61.8 Å². The van der Waals surface area contributed by atoms with E-state index < -0.39 is 0 Å². The second-order valence-electron chi connectivity index (χ2n) is 9.78. The van der Waals surface area contributed by atoms with Crippen LogP contribution < -0.4 is 10.1 Å². The molecule has 1 aliphatic rings. The molecule has 0 bridgehead atoms. The molecule has 5 nitrogen and oxygen atoms in total. The molecule has 8 heteroatoms. The summed E-state index contributed by atoms with van der Waals surface area (Å²) in [6, 6.07) is 15.5. The predicted octanol–water partition coefficient (Wildman–Crippen LogP) is 7.23. The van der Waals surface area contributed by atoms with Crippen molar-refractivity contribution < 1.29 is 23.4 Å². The van der Waals surface area contributed by atoms with Crippen LogP contribution in [0.15, 0.2) is 54.6 Å². The molecule has 5 rings (SSSR count). The number of hydrogen-bond donors (Lipinski definition) is 2. The first-order valence-corrected chi connectivity index (χ1v) is 13.5.